The van der Waals surface area contributed by atoms with Crippen LogP contribution in [0.3, 0.4) is 0 Å². The zero-order valence-electron chi connectivity index (χ0n) is 31.6. The first-order chi connectivity index (χ1) is 21.0. The summed E-state index contributed by atoms with van der Waals surface area (Å²) in [5.74, 6) is 3.80. The summed E-state index contributed by atoms with van der Waals surface area (Å²) in [6, 6.07) is 0. The van der Waals surface area contributed by atoms with Crippen LogP contribution in [0.5, 0.6) is 0 Å². The van der Waals surface area contributed by atoms with E-state index in [2.05, 4.69) is 41.5 Å². The van der Waals surface area contributed by atoms with Crippen LogP contribution in [-0.2, 0) is 0 Å². The molecule has 4 atom stereocenters. The van der Waals surface area contributed by atoms with Crippen LogP contribution in [-0.4, -0.2) is 0 Å². The van der Waals surface area contributed by atoms with Crippen LogP contribution in [0.4, 0.5) is 0 Å². The average Bonchev–Trinajstić information content (AvgIpc) is 2.99. The molecule has 0 aromatic heterocycles. The lowest BCUT2D eigenvalue weighted by Gasteiger charge is -2.16. The summed E-state index contributed by atoms with van der Waals surface area (Å²) < 4.78 is 0. The quantitative estimate of drug-likeness (QED) is 0.0624. The van der Waals surface area contributed by atoms with Gasteiger partial charge in [0.2, 0.25) is 0 Å². The Labute approximate surface area is 276 Å². The predicted octanol–water partition coefficient (Wildman–Crippen LogP) is 16.4. The molecule has 0 nitrogen and oxygen atoms in total. The highest BCUT2D eigenvalue weighted by molar-refractivity contribution is 4.61. The van der Waals surface area contributed by atoms with Crippen molar-refractivity contribution >= 4 is 0 Å². The van der Waals surface area contributed by atoms with Crippen molar-refractivity contribution in [2.75, 3.05) is 0 Å². The van der Waals surface area contributed by atoms with Crippen LogP contribution in [0.25, 0.3) is 0 Å². The Morgan fingerprint density at radius 3 is 0.651 bits per heavy atom. The van der Waals surface area contributed by atoms with E-state index in [4.69, 9.17) is 0 Å². The Balaban J connectivity index is 3.34. The topological polar surface area (TPSA) is 0 Å². The van der Waals surface area contributed by atoms with Crippen molar-refractivity contribution in [1.82, 2.24) is 0 Å². The second kappa shape index (κ2) is 34.9. The van der Waals surface area contributed by atoms with Gasteiger partial charge in [-0.1, -0.05) is 253 Å². The van der Waals surface area contributed by atoms with E-state index in [1.54, 1.807) is 0 Å². The normalized spacial score (nSPS) is 14.7. The van der Waals surface area contributed by atoms with Gasteiger partial charge in [-0.25, -0.2) is 0 Å². The minimum absolute atomic E-state index is 0.942. The van der Waals surface area contributed by atoms with E-state index >= 15 is 0 Å². The molecule has 0 heteroatoms. The largest absolute Gasteiger partial charge is 0.0654 e. The lowest BCUT2D eigenvalue weighted by molar-refractivity contribution is 0.375. The number of unbranched alkanes of at least 4 members (excludes halogenated alkanes) is 20. The number of hydrogen-bond acceptors (Lipinski definition) is 0. The van der Waals surface area contributed by atoms with Crippen LogP contribution in [0.15, 0.2) is 0 Å². The van der Waals surface area contributed by atoms with E-state index in [1.165, 1.54) is 212 Å². The molecule has 0 N–H and O–H groups in total. The van der Waals surface area contributed by atoms with Crippen molar-refractivity contribution in [2.24, 2.45) is 23.7 Å². The monoisotopic (exact) mass is 605 g/mol. The van der Waals surface area contributed by atoms with Crippen LogP contribution in [0.1, 0.15) is 253 Å². The fraction of sp³-hybridized carbons (Fsp3) is 1.00. The third kappa shape index (κ3) is 34.7. The molecule has 0 aliphatic rings. The highest BCUT2D eigenvalue weighted by Gasteiger charge is 2.08. The van der Waals surface area contributed by atoms with Crippen molar-refractivity contribution in [2.45, 2.75) is 253 Å². The van der Waals surface area contributed by atoms with Gasteiger partial charge in [0.05, 0.1) is 0 Å². The Morgan fingerprint density at radius 2 is 0.395 bits per heavy atom. The van der Waals surface area contributed by atoms with Gasteiger partial charge in [-0.2, -0.15) is 0 Å². The number of rotatable bonds is 36. The molecule has 0 spiro atoms. The highest BCUT2D eigenvalue weighted by Crippen LogP contribution is 2.24. The lowest BCUT2D eigenvalue weighted by atomic mass is 9.90. The van der Waals surface area contributed by atoms with Crippen LogP contribution < -0.4 is 0 Å². The summed E-state index contributed by atoms with van der Waals surface area (Å²) in [7, 11) is 0. The fourth-order valence-corrected chi connectivity index (χ4v) is 7.32. The van der Waals surface area contributed by atoms with E-state index in [-0.39, 0.29) is 0 Å². The molecule has 43 heavy (non-hydrogen) atoms. The van der Waals surface area contributed by atoms with Crippen LogP contribution in [0, 0.1) is 23.7 Å². The number of hydrogen-bond donors (Lipinski definition) is 0. The maximum Gasteiger partial charge on any atom is -0.0443 e. The van der Waals surface area contributed by atoms with Gasteiger partial charge in [0.25, 0.3) is 0 Å². The van der Waals surface area contributed by atoms with Gasteiger partial charge in [-0.15, -0.1) is 0 Å². The van der Waals surface area contributed by atoms with E-state index in [0.29, 0.717) is 0 Å². The van der Waals surface area contributed by atoms with Crippen LogP contribution in [0.2, 0.25) is 0 Å². The zero-order valence-corrected chi connectivity index (χ0v) is 31.6. The van der Waals surface area contributed by atoms with Crippen molar-refractivity contribution in [3.8, 4) is 0 Å². The van der Waals surface area contributed by atoms with Gasteiger partial charge in [0.15, 0.2) is 0 Å². The van der Waals surface area contributed by atoms with Gasteiger partial charge in [0.1, 0.15) is 0 Å². The van der Waals surface area contributed by atoms with E-state index in [1.807, 2.05) is 0 Å². The first kappa shape index (κ1) is 43.0. The second-order valence-corrected chi connectivity index (χ2v) is 15.9. The maximum absolute atomic E-state index is 2.51. The second-order valence-electron chi connectivity index (χ2n) is 15.9. The van der Waals surface area contributed by atoms with E-state index < -0.39 is 0 Å². The summed E-state index contributed by atoms with van der Waals surface area (Å²) in [6.45, 7) is 14.6. The molecular formula is C43H88. The fourth-order valence-electron chi connectivity index (χ4n) is 7.32. The average molecular weight is 605 g/mol. The Morgan fingerprint density at radius 1 is 0.209 bits per heavy atom. The molecule has 0 aromatic rings. The summed E-state index contributed by atoms with van der Waals surface area (Å²) in [5, 5.41) is 0. The molecule has 0 rings (SSSR count). The van der Waals surface area contributed by atoms with Gasteiger partial charge in [-0.05, 0) is 23.7 Å². The third-order valence-corrected chi connectivity index (χ3v) is 10.8. The summed E-state index contributed by atoms with van der Waals surface area (Å²) in [5.41, 5.74) is 0. The molecule has 4 unspecified atom stereocenters. The first-order valence-corrected chi connectivity index (χ1v) is 21.0. The molecule has 0 saturated carbocycles. The highest BCUT2D eigenvalue weighted by atomic mass is 14.1. The molecule has 0 amide bonds. The van der Waals surface area contributed by atoms with Gasteiger partial charge < -0.3 is 0 Å². The minimum Gasteiger partial charge on any atom is -0.0654 e. The van der Waals surface area contributed by atoms with Gasteiger partial charge in [0, 0.05) is 0 Å². The van der Waals surface area contributed by atoms with Crippen molar-refractivity contribution < 1.29 is 0 Å². The lowest BCUT2D eigenvalue weighted by Crippen LogP contribution is -2.01. The molecule has 0 aliphatic carbocycles. The molecule has 0 radical (unpaired) electrons. The Bertz CT molecular complexity index is 494. The molecule has 0 bridgehead atoms. The molecule has 0 aromatic carbocycles. The first-order valence-electron chi connectivity index (χ1n) is 21.0. The molecule has 0 aliphatic heterocycles. The van der Waals surface area contributed by atoms with E-state index in [9.17, 15) is 0 Å². The minimum atomic E-state index is 0.942. The summed E-state index contributed by atoms with van der Waals surface area (Å²) in [6.07, 6.45) is 48.4. The molecule has 0 heterocycles. The summed E-state index contributed by atoms with van der Waals surface area (Å²) >= 11 is 0. The maximum atomic E-state index is 2.51. The summed E-state index contributed by atoms with van der Waals surface area (Å²) in [4.78, 5) is 0. The predicted molar refractivity (Wildman–Crippen MR) is 200 cm³/mol. The molecule has 260 valence electrons. The Kier molecular flexibility index (Phi) is 34.9. The SMILES string of the molecule is CCCCCCCCCCCCCCCCC(C)CCCCCCCCCC(C)CCCC(C)CCCC(C)CCCC. The van der Waals surface area contributed by atoms with Crippen molar-refractivity contribution in [3.63, 3.8) is 0 Å². The molecule has 0 saturated heterocycles. The molecular weight excluding hydrogens is 516 g/mol. The third-order valence-electron chi connectivity index (χ3n) is 10.8. The molecule has 0 fully saturated rings. The van der Waals surface area contributed by atoms with Crippen molar-refractivity contribution in [3.05, 3.63) is 0 Å². The van der Waals surface area contributed by atoms with E-state index in [0.717, 1.165) is 23.7 Å². The zero-order chi connectivity index (χ0) is 31.6. The van der Waals surface area contributed by atoms with Crippen LogP contribution >= 0.6 is 0 Å². The van der Waals surface area contributed by atoms with Crippen molar-refractivity contribution in [1.29, 1.82) is 0 Å². The Hall–Kier alpha value is 0. The smallest absolute Gasteiger partial charge is 0.0443 e. The standard InChI is InChI=1S/C43H88/c1-7-9-11-12-13-14-15-16-17-18-19-21-24-27-33-41(4)34-28-25-22-20-23-26-29-35-42(5)37-31-39-43(6)38-30-36-40(3)32-10-8-2/h40-43H,7-39H2,1-6H3. The van der Waals surface area contributed by atoms with Gasteiger partial charge in [-0.3, -0.25) is 0 Å². The van der Waals surface area contributed by atoms with Gasteiger partial charge >= 0.3 is 0 Å².